The van der Waals surface area contributed by atoms with Gasteiger partial charge < -0.3 is 10.3 Å². The highest BCUT2D eigenvalue weighted by Gasteiger charge is 2.04. The number of halogens is 1. The Balaban J connectivity index is 1.57. The molecule has 3 aromatic rings. The zero-order valence-corrected chi connectivity index (χ0v) is 12.2. The van der Waals surface area contributed by atoms with Crippen molar-refractivity contribution in [1.29, 1.82) is 0 Å². The lowest BCUT2D eigenvalue weighted by atomic mass is 10.1. The highest BCUT2D eigenvalue weighted by molar-refractivity contribution is 6.30. The fraction of sp³-hybridized carbons (Fsp3) is 0.118. The van der Waals surface area contributed by atoms with Crippen molar-refractivity contribution in [2.45, 2.75) is 6.42 Å². The number of hydrogen-bond acceptors (Lipinski definition) is 1. The minimum Gasteiger partial charge on any atom is -0.361 e. The molecule has 0 aliphatic carbocycles. The highest BCUT2D eigenvalue weighted by atomic mass is 35.5. The van der Waals surface area contributed by atoms with Gasteiger partial charge in [-0.1, -0.05) is 23.7 Å². The summed E-state index contributed by atoms with van der Waals surface area (Å²) in [6.45, 7) is 0.605. The number of aromatic amines is 1. The number of H-pyrrole nitrogens is 1. The van der Waals surface area contributed by atoms with E-state index in [-0.39, 0.29) is 5.91 Å². The molecular formula is C17H15ClN2O. The quantitative estimate of drug-likeness (QED) is 0.756. The third-order valence-electron chi connectivity index (χ3n) is 3.43. The predicted molar refractivity (Wildman–Crippen MR) is 85.8 cm³/mol. The topological polar surface area (TPSA) is 44.9 Å². The van der Waals surface area contributed by atoms with Crippen molar-refractivity contribution in [3.05, 3.63) is 70.9 Å². The van der Waals surface area contributed by atoms with Gasteiger partial charge >= 0.3 is 0 Å². The van der Waals surface area contributed by atoms with E-state index in [9.17, 15) is 4.79 Å². The number of amides is 1. The first kappa shape index (κ1) is 13.7. The molecule has 0 atom stereocenters. The normalized spacial score (nSPS) is 10.7. The summed E-state index contributed by atoms with van der Waals surface area (Å²) in [5.74, 6) is -0.0763. The van der Waals surface area contributed by atoms with Crippen LogP contribution in [0.4, 0.5) is 0 Å². The van der Waals surface area contributed by atoms with Crippen LogP contribution >= 0.6 is 11.6 Å². The summed E-state index contributed by atoms with van der Waals surface area (Å²) in [6.07, 6.45) is 2.73. The van der Waals surface area contributed by atoms with Crippen molar-refractivity contribution in [3.8, 4) is 0 Å². The standard InChI is InChI=1S/C17H15ClN2O/c18-15-5-3-14(4-6-15)17(21)20-9-7-12-1-2-13-8-10-19-16(13)11-12/h1-6,8,10-11,19H,7,9H2,(H,20,21). The molecule has 1 amide bonds. The summed E-state index contributed by atoms with van der Waals surface area (Å²) in [6, 6.07) is 15.2. The van der Waals surface area contributed by atoms with Gasteiger partial charge in [0.15, 0.2) is 0 Å². The lowest BCUT2D eigenvalue weighted by Crippen LogP contribution is -2.25. The Bertz CT molecular complexity index is 762. The Kier molecular flexibility index (Phi) is 3.93. The van der Waals surface area contributed by atoms with Gasteiger partial charge in [0.2, 0.25) is 0 Å². The van der Waals surface area contributed by atoms with Gasteiger partial charge in [-0.05, 0) is 53.8 Å². The minimum absolute atomic E-state index is 0.0763. The van der Waals surface area contributed by atoms with E-state index in [2.05, 4.69) is 28.5 Å². The zero-order chi connectivity index (χ0) is 14.7. The van der Waals surface area contributed by atoms with Crippen molar-refractivity contribution < 1.29 is 4.79 Å². The van der Waals surface area contributed by atoms with E-state index in [0.717, 1.165) is 11.9 Å². The third-order valence-corrected chi connectivity index (χ3v) is 3.68. The van der Waals surface area contributed by atoms with Gasteiger partial charge in [-0.3, -0.25) is 4.79 Å². The number of aromatic nitrogens is 1. The van der Waals surface area contributed by atoms with Crippen molar-refractivity contribution >= 4 is 28.4 Å². The lowest BCUT2D eigenvalue weighted by molar-refractivity contribution is 0.0954. The zero-order valence-electron chi connectivity index (χ0n) is 11.4. The fourth-order valence-corrected chi connectivity index (χ4v) is 2.40. The largest absolute Gasteiger partial charge is 0.361 e. The number of nitrogens with one attached hydrogen (secondary N) is 2. The molecule has 0 saturated carbocycles. The van der Waals surface area contributed by atoms with Crippen LogP contribution in [0.1, 0.15) is 15.9 Å². The van der Waals surface area contributed by atoms with Crippen LogP contribution in [0.5, 0.6) is 0 Å². The summed E-state index contributed by atoms with van der Waals surface area (Å²) in [5, 5.41) is 4.75. The third kappa shape index (κ3) is 3.26. The van der Waals surface area contributed by atoms with E-state index >= 15 is 0 Å². The number of carbonyl (C=O) groups excluding carboxylic acids is 1. The average molecular weight is 299 g/mol. The Hall–Kier alpha value is -2.26. The van der Waals surface area contributed by atoms with Gasteiger partial charge in [-0.25, -0.2) is 0 Å². The summed E-state index contributed by atoms with van der Waals surface area (Å²) < 4.78 is 0. The first-order valence-corrected chi connectivity index (χ1v) is 7.20. The Morgan fingerprint density at radius 2 is 1.90 bits per heavy atom. The first-order valence-electron chi connectivity index (χ1n) is 6.82. The molecule has 0 spiro atoms. The monoisotopic (exact) mass is 298 g/mol. The van der Waals surface area contributed by atoms with Crippen LogP contribution in [-0.4, -0.2) is 17.4 Å². The molecule has 1 aromatic heterocycles. The lowest BCUT2D eigenvalue weighted by Gasteiger charge is -2.06. The molecule has 4 heteroatoms. The Morgan fingerprint density at radius 3 is 2.71 bits per heavy atom. The first-order chi connectivity index (χ1) is 10.2. The fourth-order valence-electron chi connectivity index (χ4n) is 2.27. The molecule has 2 N–H and O–H groups in total. The highest BCUT2D eigenvalue weighted by Crippen LogP contribution is 2.14. The number of fused-ring (bicyclic) bond motifs is 1. The van der Waals surface area contributed by atoms with Crippen LogP contribution in [-0.2, 0) is 6.42 Å². The van der Waals surface area contributed by atoms with E-state index in [1.807, 2.05) is 12.3 Å². The average Bonchev–Trinajstić information content (AvgIpc) is 2.95. The SMILES string of the molecule is O=C(NCCc1ccc2cc[nH]c2c1)c1ccc(Cl)cc1. The van der Waals surface area contributed by atoms with Crippen molar-refractivity contribution in [1.82, 2.24) is 10.3 Å². The van der Waals surface area contributed by atoms with E-state index in [0.29, 0.717) is 17.1 Å². The van der Waals surface area contributed by atoms with Crippen LogP contribution < -0.4 is 5.32 Å². The van der Waals surface area contributed by atoms with Crippen LogP contribution in [0.2, 0.25) is 5.02 Å². The molecule has 21 heavy (non-hydrogen) atoms. The summed E-state index contributed by atoms with van der Waals surface area (Å²) >= 11 is 5.80. The van der Waals surface area contributed by atoms with E-state index in [1.54, 1.807) is 24.3 Å². The molecule has 0 aliphatic heterocycles. The number of hydrogen-bond donors (Lipinski definition) is 2. The molecule has 2 aromatic carbocycles. The molecule has 0 unspecified atom stereocenters. The van der Waals surface area contributed by atoms with Gasteiger partial charge in [-0.2, -0.15) is 0 Å². The maximum Gasteiger partial charge on any atom is 0.251 e. The second kappa shape index (κ2) is 6.02. The summed E-state index contributed by atoms with van der Waals surface area (Å²) in [4.78, 5) is 15.1. The number of rotatable bonds is 4. The van der Waals surface area contributed by atoms with Gasteiger partial charge in [0, 0.05) is 28.8 Å². The number of benzene rings is 2. The van der Waals surface area contributed by atoms with Gasteiger partial charge in [0.25, 0.3) is 5.91 Å². The molecule has 1 heterocycles. The van der Waals surface area contributed by atoms with Gasteiger partial charge in [0.05, 0.1) is 0 Å². The van der Waals surface area contributed by atoms with Gasteiger partial charge in [0.1, 0.15) is 0 Å². The molecule has 0 saturated heterocycles. The minimum atomic E-state index is -0.0763. The molecular weight excluding hydrogens is 284 g/mol. The molecule has 0 fully saturated rings. The summed E-state index contributed by atoms with van der Waals surface area (Å²) in [7, 11) is 0. The smallest absolute Gasteiger partial charge is 0.251 e. The van der Waals surface area contributed by atoms with Crippen molar-refractivity contribution in [3.63, 3.8) is 0 Å². The number of carbonyl (C=O) groups is 1. The molecule has 0 bridgehead atoms. The molecule has 0 radical (unpaired) electrons. The Labute approximate surface area is 127 Å². The van der Waals surface area contributed by atoms with Crippen molar-refractivity contribution in [2.75, 3.05) is 6.54 Å². The van der Waals surface area contributed by atoms with Crippen LogP contribution in [0.3, 0.4) is 0 Å². The predicted octanol–water partition coefficient (Wildman–Crippen LogP) is 3.79. The van der Waals surface area contributed by atoms with Gasteiger partial charge in [-0.15, -0.1) is 0 Å². The molecule has 3 rings (SSSR count). The van der Waals surface area contributed by atoms with Crippen LogP contribution in [0.25, 0.3) is 10.9 Å². The van der Waals surface area contributed by atoms with E-state index in [4.69, 9.17) is 11.6 Å². The maximum absolute atomic E-state index is 12.0. The summed E-state index contributed by atoms with van der Waals surface area (Å²) in [5.41, 5.74) is 2.94. The Morgan fingerprint density at radius 1 is 1.10 bits per heavy atom. The maximum atomic E-state index is 12.0. The van der Waals surface area contributed by atoms with Crippen LogP contribution in [0.15, 0.2) is 54.7 Å². The second-order valence-corrected chi connectivity index (χ2v) is 5.35. The van der Waals surface area contributed by atoms with E-state index < -0.39 is 0 Å². The molecule has 0 aliphatic rings. The molecule has 106 valence electrons. The van der Waals surface area contributed by atoms with Crippen LogP contribution in [0, 0.1) is 0 Å². The molecule has 3 nitrogen and oxygen atoms in total. The van der Waals surface area contributed by atoms with E-state index in [1.165, 1.54) is 10.9 Å². The second-order valence-electron chi connectivity index (χ2n) is 4.91. The van der Waals surface area contributed by atoms with Crippen molar-refractivity contribution in [2.24, 2.45) is 0 Å².